The Morgan fingerprint density at radius 1 is 1.22 bits per heavy atom. The van der Waals surface area contributed by atoms with Gasteiger partial charge < -0.3 is 15.2 Å². The quantitative estimate of drug-likeness (QED) is 0.856. The average Bonchev–Trinajstić information content (AvgIpc) is 2.53. The number of aryl methyl sites for hydroxylation is 1. The number of aliphatic hydroxyl groups is 1. The number of anilines is 1. The molecule has 1 atom stereocenters. The van der Waals surface area contributed by atoms with Gasteiger partial charge in [-0.15, -0.1) is 0 Å². The number of nitrogens with one attached hydrogen (secondary N) is 1. The smallest absolute Gasteiger partial charge is 0.144 e. The second-order valence-corrected chi connectivity index (χ2v) is 5.59. The molecule has 0 amide bonds. The first-order chi connectivity index (χ1) is 11.0. The number of nitriles is 1. The standard InChI is InChI=1S/C18H21N3O2/c1-12(2)23-16-8-6-14(7-9-16)17(22)11-20-18-15(10-19)5-4-13(3)21-18/h4-9,12,17,22H,11H2,1-3H3,(H,20,21). The highest BCUT2D eigenvalue weighted by Gasteiger charge is 2.10. The number of pyridine rings is 1. The molecule has 5 nitrogen and oxygen atoms in total. The number of aromatic nitrogens is 1. The van der Waals surface area contributed by atoms with Gasteiger partial charge in [0, 0.05) is 12.2 Å². The van der Waals surface area contributed by atoms with Crippen LogP contribution in [0.1, 0.15) is 36.8 Å². The van der Waals surface area contributed by atoms with Crippen molar-refractivity contribution in [1.82, 2.24) is 4.98 Å². The van der Waals surface area contributed by atoms with E-state index in [-0.39, 0.29) is 12.6 Å². The third kappa shape index (κ3) is 4.70. The Balaban J connectivity index is 2.01. The van der Waals surface area contributed by atoms with E-state index in [0.717, 1.165) is 17.0 Å². The van der Waals surface area contributed by atoms with Gasteiger partial charge in [-0.25, -0.2) is 4.98 Å². The van der Waals surface area contributed by atoms with Crippen molar-refractivity contribution in [2.24, 2.45) is 0 Å². The van der Waals surface area contributed by atoms with Gasteiger partial charge >= 0.3 is 0 Å². The van der Waals surface area contributed by atoms with E-state index in [1.165, 1.54) is 0 Å². The number of nitrogens with zero attached hydrogens (tertiary/aromatic N) is 2. The van der Waals surface area contributed by atoms with Crippen molar-refractivity contribution in [3.05, 3.63) is 53.2 Å². The van der Waals surface area contributed by atoms with Crippen molar-refractivity contribution >= 4 is 5.82 Å². The molecule has 0 aliphatic carbocycles. The Labute approximate surface area is 136 Å². The summed E-state index contributed by atoms with van der Waals surface area (Å²) in [6.07, 6.45) is -0.582. The fourth-order valence-corrected chi connectivity index (χ4v) is 2.13. The van der Waals surface area contributed by atoms with Crippen molar-refractivity contribution in [2.75, 3.05) is 11.9 Å². The van der Waals surface area contributed by atoms with E-state index >= 15 is 0 Å². The molecule has 0 spiro atoms. The van der Waals surface area contributed by atoms with Crippen molar-refractivity contribution < 1.29 is 9.84 Å². The summed E-state index contributed by atoms with van der Waals surface area (Å²) < 4.78 is 5.58. The summed E-state index contributed by atoms with van der Waals surface area (Å²) in [6.45, 7) is 6.06. The van der Waals surface area contributed by atoms with Gasteiger partial charge in [0.2, 0.25) is 0 Å². The number of hydrogen-bond donors (Lipinski definition) is 2. The number of ether oxygens (including phenoxy) is 1. The monoisotopic (exact) mass is 311 g/mol. The predicted molar refractivity (Wildman–Crippen MR) is 89.3 cm³/mol. The van der Waals surface area contributed by atoms with E-state index in [1.54, 1.807) is 12.1 Å². The summed E-state index contributed by atoms with van der Waals surface area (Å²) in [5, 5.41) is 22.4. The summed E-state index contributed by atoms with van der Waals surface area (Å²) in [7, 11) is 0. The molecule has 23 heavy (non-hydrogen) atoms. The molecule has 0 aliphatic rings. The molecule has 2 aromatic rings. The second-order valence-electron chi connectivity index (χ2n) is 5.59. The molecular weight excluding hydrogens is 290 g/mol. The molecule has 0 fully saturated rings. The molecule has 0 saturated carbocycles. The van der Waals surface area contributed by atoms with Gasteiger partial charge in [0.15, 0.2) is 0 Å². The lowest BCUT2D eigenvalue weighted by Crippen LogP contribution is -2.14. The van der Waals surface area contributed by atoms with Crippen LogP contribution < -0.4 is 10.1 Å². The maximum atomic E-state index is 10.3. The molecular formula is C18H21N3O2. The van der Waals surface area contributed by atoms with E-state index in [9.17, 15) is 5.11 Å². The summed E-state index contributed by atoms with van der Waals surface area (Å²) >= 11 is 0. The Kier molecular flexibility index (Phi) is 5.56. The van der Waals surface area contributed by atoms with Crippen molar-refractivity contribution in [3.8, 4) is 11.8 Å². The van der Waals surface area contributed by atoms with Crippen LogP contribution in [0, 0.1) is 18.3 Å². The van der Waals surface area contributed by atoms with E-state index in [2.05, 4.69) is 16.4 Å². The highest BCUT2D eigenvalue weighted by atomic mass is 16.5. The van der Waals surface area contributed by atoms with Crippen LogP contribution in [0.4, 0.5) is 5.82 Å². The molecule has 0 bridgehead atoms. The lowest BCUT2D eigenvalue weighted by molar-refractivity contribution is 0.191. The van der Waals surface area contributed by atoms with E-state index < -0.39 is 6.10 Å². The number of hydrogen-bond acceptors (Lipinski definition) is 5. The largest absolute Gasteiger partial charge is 0.491 e. The first-order valence-electron chi connectivity index (χ1n) is 7.56. The van der Waals surface area contributed by atoms with Gasteiger partial charge in [-0.05, 0) is 50.6 Å². The van der Waals surface area contributed by atoms with Crippen LogP contribution in [0.25, 0.3) is 0 Å². The number of benzene rings is 1. The zero-order chi connectivity index (χ0) is 16.8. The molecule has 1 unspecified atom stereocenters. The molecule has 1 heterocycles. The Morgan fingerprint density at radius 2 is 1.91 bits per heavy atom. The molecule has 1 aromatic carbocycles. The Hall–Kier alpha value is -2.58. The van der Waals surface area contributed by atoms with Crippen LogP contribution in [0.2, 0.25) is 0 Å². The summed E-state index contributed by atoms with van der Waals surface area (Å²) in [6, 6.07) is 12.9. The lowest BCUT2D eigenvalue weighted by atomic mass is 10.1. The third-order valence-electron chi connectivity index (χ3n) is 3.25. The highest BCUT2D eigenvalue weighted by molar-refractivity contribution is 5.52. The van der Waals surface area contributed by atoms with Crippen LogP contribution in [-0.2, 0) is 0 Å². The van der Waals surface area contributed by atoms with Crippen molar-refractivity contribution in [2.45, 2.75) is 33.0 Å². The molecule has 5 heteroatoms. The highest BCUT2D eigenvalue weighted by Crippen LogP contribution is 2.20. The van der Waals surface area contributed by atoms with Gasteiger partial charge in [-0.1, -0.05) is 12.1 Å². The minimum absolute atomic E-state index is 0.115. The van der Waals surface area contributed by atoms with Gasteiger partial charge in [0.05, 0.1) is 17.8 Å². The van der Waals surface area contributed by atoms with Crippen LogP contribution in [-0.4, -0.2) is 22.7 Å². The van der Waals surface area contributed by atoms with Crippen molar-refractivity contribution in [3.63, 3.8) is 0 Å². The second kappa shape index (κ2) is 7.61. The van der Waals surface area contributed by atoms with Crippen LogP contribution in [0.3, 0.4) is 0 Å². The zero-order valence-corrected chi connectivity index (χ0v) is 13.6. The molecule has 0 aliphatic heterocycles. The Morgan fingerprint density at radius 3 is 2.52 bits per heavy atom. The zero-order valence-electron chi connectivity index (χ0n) is 13.6. The molecule has 2 rings (SSSR count). The molecule has 2 N–H and O–H groups in total. The maximum Gasteiger partial charge on any atom is 0.144 e. The van der Waals surface area contributed by atoms with E-state index in [0.29, 0.717) is 11.4 Å². The van der Waals surface area contributed by atoms with Gasteiger partial charge in [0.25, 0.3) is 0 Å². The number of aliphatic hydroxyl groups excluding tert-OH is 1. The van der Waals surface area contributed by atoms with Gasteiger partial charge in [0.1, 0.15) is 17.6 Å². The van der Waals surface area contributed by atoms with E-state index in [4.69, 9.17) is 10.00 Å². The van der Waals surface area contributed by atoms with Crippen LogP contribution in [0.15, 0.2) is 36.4 Å². The van der Waals surface area contributed by atoms with Gasteiger partial charge in [-0.3, -0.25) is 0 Å². The fraction of sp³-hybridized carbons (Fsp3) is 0.333. The first kappa shape index (κ1) is 16.8. The Bertz CT molecular complexity index is 690. The maximum absolute atomic E-state index is 10.3. The average molecular weight is 311 g/mol. The molecule has 0 saturated heterocycles. The van der Waals surface area contributed by atoms with E-state index in [1.807, 2.05) is 45.0 Å². The fourth-order valence-electron chi connectivity index (χ4n) is 2.13. The molecule has 120 valence electrons. The first-order valence-corrected chi connectivity index (χ1v) is 7.56. The third-order valence-corrected chi connectivity index (χ3v) is 3.25. The molecule has 1 aromatic heterocycles. The van der Waals surface area contributed by atoms with Crippen LogP contribution in [0.5, 0.6) is 5.75 Å². The topological polar surface area (TPSA) is 78.2 Å². The summed E-state index contributed by atoms with van der Waals surface area (Å²) in [5.41, 5.74) is 2.06. The van der Waals surface area contributed by atoms with Crippen molar-refractivity contribution in [1.29, 1.82) is 5.26 Å². The van der Waals surface area contributed by atoms with Gasteiger partial charge in [-0.2, -0.15) is 5.26 Å². The lowest BCUT2D eigenvalue weighted by Gasteiger charge is -2.15. The molecule has 0 radical (unpaired) electrons. The summed E-state index contributed by atoms with van der Waals surface area (Å²) in [5.74, 6) is 1.27. The van der Waals surface area contributed by atoms with Crippen LogP contribution >= 0.6 is 0 Å². The predicted octanol–water partition coefficient (Wildman–Crippen LogP) is 3.19. The number of rotatable bonds is 6. The SMILES string of the molecule is Cc1ccc(C#N)c(NCC(O)c2ccc(OC(C)C)cc2)n1. The minimum atomic E-state index is -0.697. The minimum Gasteiger partial charge on any atom is -0.491 e. The normalized spacial score (nSPS) is 11.8. The summed E-state index contributed by atoms with van der Waals surface area (Å²) in [4.78, 5) is 4.29.